The van der Waals surface area contributed by atoms with Crippen LogP contribution in [0.15, 0.2) is 64.0 Å². The Hall–Kier alpha value is -4.02. The van der Waals surface area contributed by atoms with Crippen LogP contribution in [0.3, 0.4) is 0 Å². The van der Waals surface area contributed by atoms with Crippen LogP contribution in [0, 0.1) is 13.8 Å². The maximum absolute atomic E-state index is 13.7. The topological polar surface area (TPSA) is 83.9 Å². The van der Waals surface area contributed by atoms with Crippen molar-refractivity contribution in [1.82, 2.24) is 23.7 Å². The molecule has 0 N–H and O–H groups in total. The molecule has 0 atom stereocenters. The molecular weight excluding hydrogens is 494 g/mol. The molecule has 6 rings (SSSR count). The van der Waals surface area contributed by atoms with Crippen LogP contribution in [-0.2, 0) is 7.05 Å². The number of fused-ring (bicyclic) bond motifs is 2. The standard InChI is InChI=1S/C26H21N5O3S2/c1-14-11-30(12-27-14)19-7-5-16(9-20(19)34-4)23-15(2)22-24(32)31(26(33)29(3)25(22)36-23)17-6-8-21-18(10-17)28-13-35-21/h5-13H,1-4H3. The number of aromatic nitrogens is 5. The maximum Gasteiger partial charge on any atom is 0.336 e. The van der Waals surface area contributed by atoms with E-state index in [-0.39, 0.29) is 5.56 Å². The fourth-order valence-electron chi connectivity index (χ4n) is 4.50. The summed E-state index contributed by atoms with van der Waals surface area (Å²) in [7, 11) is 3.33. The zero-order chi connectivity index (χ0) is 25.1. The Morgan fingerprint density at radius 1 is 1.03 bits per heavy atom. The molecule has 0 fully saturated rings. The highest BCUT2D eigenvalue weighted by molar-refractivity contribution is 7.22. The molecule has 0 saturated heterocycles. The van der Waals surface area contributed by atoms with Gasteiger partial charge in [-0.2, -0.15) is 0 Å². The van der Waals surface area contributed by atoms with E-state index >= 15 is 0 Å². The number of aryl methyl sites for hydroxylation is 3. The van der Waals surface area contributed by atoms with Gasteiger partial charge in [-0.15, -0.1) is 22.7 Å². The first-order valence-electron chi connectivity index (χ1n) is 11.2. The smallest absolute Gasteiger partial charge is 0.336 e. The summed E-state index contributed by atoms with van der Waals surface area (Å²) in [4.78, 5) is 37.2. The monoisotopic (exact) mass is 515 g/mol. The quantitative estimate of drug-likeness (QED) is 0.336. The van der Waals surface area contributed by atoms with Gasteiger partial charge >= 0.3 is 5.69 Å². The van der Waals surface area contributed by atoms with Crippen molar-refractivity contribution >= 4 is 43.1 Å². The van der Waals surface area contributed by atoms with Crippen LogP contribution in [-0.4, -0.2) is 30.8 Å². The zero-order valence-electron chi connectivity index (χ0n) is 20.0. The molecule has 4 heterocycles. The highest BCUT2D eigenvalue weighted by atomic mass is 32.1. The molecule has 0 spiro atoms. The predicted octanol–water partition coefficient (Wildman–Crippen LogP) is 4.84. The minimum Gasteiger partial charge on any atom is -0.495 e. The first kappa shape index (κ1) is 22.4. The third-order valence-corrected chi connectivity index (χ3v) is 8.56. The largest absolute Gasteiger partial charge is 0.495 e. The van der Waals surface area contributed by atoms with E-state index in [1.807, 2.05) is 48.9 Å². The third-order valence-electron chi connectivity index (χ3n) is 6.33. The lowest BCUT2D eigenvalue weighted by atomic mass is 10.1. The molecule has 8 nitrogen and oxygen atoms in total. The fraction of sp³-hybridized carbons (Fsp3) is 0.154. The molecule has 0 aliphatic carbocycles. The van der Waals surface area contributed by atoms with Gasteiger partial charge in [0, 0.05) is 18.1 Å². The molecule has 0 saturated carbocycles. The molecular formula is C26H21N5O3S2. The number of benzene rings is 2. The first-order chi connectivity index (χ1) is 17.4. The minimum absolute atomic E-state index is 0.333. The molecule has 36 heavy (non-hydrogen) atoms. The van der Waals surface area contributed by atoms with Gasteiger partial charge in [-0.1, -0.05) is 6.07 Å². The van der Waals surface area contributed by atoms with Crippen molar-refractivity contribution in [1.29, 1.82) is 0 Å². The fourth-order valence-corrected chi connectivity index (χ4v) is 6.40. The van der Waals surface area contributed by atoms with E-state index in [9.17, 15) is 9.59 Å². The Morgan fingerprint density at radius 2 is 1.86 bits per heavy atom. The average Bonchev–Trinajstić information content (AvgIpc) is 3.60. The highest BCUT2D eigenvalue weighted by Crippen LogP contribution is 2.39. The Morgan fingerprint density at radius 3 is 2.61 bits per heavy atom. The molecule has 4 aromatic heterocycles. The van der Waals surface area contributed by atoms with Gasteiger partial charge in [-0.3, -0.25) is 9.36 Å². The molecule has 0 radical (unpaired) electrons. The molecule has 2 aromatic carbocycles. The molecule has 0 aliphatic heterocycles. The van der Waals surface area contributed by atoms with Gasteiger partial charge in [0.25, 0.3) is 5.56 Å². The summed E-state index contributed by atoms with van der Waals surface area (Å²) in [5.74, 6) is 0.685. The second kappa shape index (κ2) is 8.28. The van der Waals surface area contributed by atoms with Crippen LogP contribution in [0.1, 0.15) is 11.3 Å². The molecule has 0 bridgehead atoms. The van der Waals surface area contributed by atoms with Crippen LogP contribution < -0.4 is 16.0 Å². The number of thiazole rings is 1. The molecule has 0 unspecified atom stereocenters. The number of hydrogen-bond donors (Lipinski definition) is 0. The lowest BCUT2D eigenvalue weighted by Gasteiger charge is -2.11. The average molecular weight is 516 g/mol. The summed E-state index contributed by atoms with van der Waals surface area (Å²) >= 11 is 2.95. The van der Waals surface area contributed by atoms with Crippen LogP contribution in [0.25, 0.3) is 42.2 Å². The van der Waals surface area contributed by atoms with Gasteiger partial charge in [0.1, 0.15) is 10.6 Å². The summed E-state index contributed by atoms with van der Waals surface area (Å²) in [5, 5.41) is 0.531. The van der Waals surface area contributed by atoms with Crippen LogP contribution in [0.5, 0.6) is 5.75 Å². The van der Waals surface area contributed by atoms with Gasteiger partial charge in [0.05, 0.1) is 51.6 Å². The van der Waals surface area contributed by atoms with Crippen LogP contribution in [0.2, 0.25) is 0 Å². The van der Waals surface area contributed by atoms with Crippen LogP contribution >= 0.6 is 22.7 Å². The number of ether oxygens (including phenoxy) is 1. The lowest BCUT2D eigenvalue weighted by Crippen LogP contribution is -2.37. The summed E-state index contributed by atoms with van der Waals surface area (Å²) in [6.45, 7) is 3.86. The normalized spacial score (nSPS) is 11.6. The highest BCUT2D eigenvalue weighted by Gasteiger charge is 2.21. The molecule has 180 valence electrons. The summed E-state index contributed by atoms with van der Waals surface area (Å²) in [5.41, 5.74) is 5.81. The van der Waals surface area contributed by atoms with Gasteiger partial charge in [-0.25, -0.2) is 19.3 Å². The van der Waals surface area contributed by atoms with Crippen molar-refractivity contribution in [2.24, 2.45) is 7.05 Å². The number of nitrogens with zero attached hydrogens (tertiary/aromatic N) is 5. The van der Waals surface area contributed by atoms with E-state index in [1.54, 1.807) is 42.7 Å². The van der Waals surface area contributed by atoms with Gasteiger partial charge in [-0.05, 0) is 55.3 Å². The number of methoxy groups -OCH3 is 1. The second-order valence-corrected chi connectivity index (χ2v) is 10.4. The van der Waals surface area contributed by atoms with Gasteiger partial charge in [0.2, 0.25) is 0 Å². The Labute approximate surface area is 213 Å². The van der Waals surface area contributed by atoms with E-state index < -0.39 is 5.69 Å². The maximum atomic E-state index is 13.7. The Balaban J connectivity index is 1.55. The Bertz CT molecular complexity index is 1920. The number of hydrogen-bond acceptors (Lipinski definition) is 7. The Kier molecular flexibility index (Phi) is 5.16. The number of thiophene rings is 1. The van der Waals surface area contributed by atoms with Crippen molar-refractivity contribution in [2.45, 2.75) is 13.8 Å². The number of rotatable bonds is 4. The zero-order valence-corrected chi connectivity index (χ0v) is 21.6. The van der Waals surface area contributed by atoms with E-state index in [0.29, 0.717) is 21.7 Å². The summed E-state index contributed by atoms with van der Waals surface area (Å²) in [6, 6.07) is 11.4. The lowest BCUT2D eigenvalue weighted by molar-refractivity contribution is 0.413. The van der Waals surface area contributed by atoms with Crippen molar-refractivity contribution < 1.29 is 4.74 Å². The van der Waals surface area contributed by atoms with E-state index in [1.165, 1.54) is 27.2 Å². The van der Waals surface area contributed by atoms with E-state index in [0.717, 1.165) is 37.6 Å². The summed E-state index contributed by atoms with van der Waals surface area (Å²) < 4.78 is 11.4. The van der Waals surface area contributed by atoms with Crippen molar-refractivity contribution in [3.63, 3.8) is 0 Å². The second-order valence-electron chi connectivity index (χ2n) is 8.53. The first-order valence-corrected chi connectivity index (χ1v) is 12.8. The van der Waals surface area contributed by atoms with Gasteiger partial charge in [0.15, 0.2) is 0 Å². The third kappa shape index (κ3) is 3.33. The number of imidazole rings is 1. The van der Waals surface area contributed by atoms with E-state index in [4.69, 9.17) is 4.74 Å². The molecule has 0 amide bonds. The predicted molar refractivity (Wildman–Crippen MR) is 144 cm³/mol. The van der Waals surface area contributed by atoms with Crippen molar-refractivity contribution in [2.75, 3.05) is 7.11 Å². The van der Waals surface area contributed by atoms with Gasteiger partial charge < -0.3 is 9.30 Å². The minimum atomic E-state index is -0.390. The van der Waals surface area contributed by atoms with E-state index in [2.05, 4.69) is 9.97 Å². The molecule has 0 aliphatic rings. The van der Waals surface area contributed by atoms with Crippen LogP contribution in [0.4, 0.5) is 0 Å². The van der Waals surface area contributed by atoms with Crippen molar-refractivity contribution in [3.8, 4) is 27.6 Å². The molecule has 10 heteroatoms. The van der Waals surface area contributed by atoms with Crippen molar-refractivity contribution in [3.05, 3.63) is 86.5 Å². The summed E-state index contributed by atoms with van der Waals surface area (Å²) in [6.07, 6.45) is 3.68. The SMILES string of the molecule is COc1cc(-c2sc3c(c2C)c(=O)n(-c2ccc4scnc4c2)c(=O)n3C)ccc1-n1cnc(C)c1. The molecule has 6 aromatic rings.